The summed E-state index contributed by atoms with van der Waals surface area (Å²) in [6, 6.07) is 16.2. The van der Waals surface area contributed by atoms with Crippen LogP contribution in [0.3, 0.4) is 0 Å². The third-order valence-corrected chi connectivity index (χ3v) is 4.97. The molecular formula is C27H34N2O7. The molecule has 2 aromatic carbocycles. The Balaban J connectivity index is 2.03. The van der Waals surface area contributed by atoms with Crippen LogP contribution in [0.15, 0.2) is 60.7 Å². The molecule has 194 valence electrons. The summed E-state index contributed by atoms with van der Waals surface area (Å²) in [4.78, 5) is 50.0. The fraction of sp³-hybridized carbons (Fsp3) is 0.407. The van der Waals surface area contributed by atoms with E-state index in [4.69, 9.17) is 14.2 Å². The Kier molecular flexibility index (Phi) is 10.9. The quantitative estimate of drug-likeness (QED) is 0.360. The minimum atomic E-state index is -1.11. The minimum Gasteiger partial charge on any atom is -0.467 e. The first-order valence-corrected chi connectivity index (χ1v) is 11.7. The summed E-state index contributed by atoms with van der Waals surface area (Å²) >= 11 is 0. The maximum Gasteiger partial charge on any atom is 0.408 e. The van der Waals surface area contributed by atoms with Gasteiger partial charge in [-0.15, -0.1) is 0 Å². The van der Waals surface area contributed by atoms with Gasteiger partial charge in [0.05, 0.1) is 7.11 Å². The highest BCUT2D eigenvalue weighted by Crippen LogP contribution is 2.10. The summed E-state index contributed by atoms with van der Waals surface area (Å²) in [6.45, 7) is 5.24. The van der Waals surface area contributed by atoms with Crippen LogP contribution >= 0.6 is 0 Å². The van der Waals surface area contributed by atoms with Crippen molar-refractivity contribution in [3.05, 3.63) is 71.8 Å². The highest BCUT2D eigenvalue weighted by molar-refractivity contribution is 5.90. The first-order valence-electron chi connectivity index (χ1n) is 11.7. The van der Waals surface area contributed by atoms with E-state index in [1.54, 1.807) is 20.8 Å². The number of esters is 2. The lowest BCUT2D eigenvalue weighted by atomic mass is 10.0. The number of hydrogen-bond donors (Lipinski definition) is 2. The summed E-state index contributed by atoms with van der Waals surface area (Å²) in [5, 5.41) is 5.16. The Bertz CT molecular complexity index is 1000. The third kappa shape index (κ3) is 10.6. The molecule has 0 heterocycles. The second-order valence-electron chi connectivity index (χ2n) is 9.16. The fourth-order valence-electron chi connectivity index (χ4n) is 3.24. The van der Waals surface area contributed by atoms with E-state index in [2.05, 4.69) is 10.6 Å². The standard InChI is InChI=1S/C27H34N2O7/c1-27(2,3)36-26(33)29-22(17-19-11-7-5-8-12-19)24(31)28-21(25(32)34-4)15-16-23(30)35-18-20-13-9-6-10-14-20/h5-14,21-22H,15-18H2,1-4H3,(H,28,31)(H,29,33)/t21-,22+/m1/s1. The van der Waals surface area contributed by atoms with E-state index in [-0.39, 0.29) is 25.9 Å². The number of amides is 2. The van der Waals surface area contributed by atoms with Gasteiger partial charge in [-0.2, -0.15) is 0 Å². The predicted molar refractivity (Wildman–Crippen MR) is 133 cm³/mol. The number of carbonyl (C=O) groups excluding carboxylic acids is 4. The van der Waals surface area contributed by atoms with Gasteiger partial charge < -0.3 is 24.8 Å². The van der Waals surface area contributed by atoms with Crippen LogP contribution in [0.25, 0.3) is 0 Å². The van der Waals surface area contributed by atoms with Crippen LogP contribution in [-0.2, 0) is 41.6 Å². The van der Waals surface area contributed by atoms with Crippen molar-refractivity contribution in [1.29, 1.82) is 0 Å². The zero-order valence-electron chi connectivity index (χ0n) is 21.1. The molecule has 9 nitrogen and oxygen atoms in total. The highest BCUT2D eigenvalue weighted by atomic mass is 16.6. The Morgan fingerprint density at radius 2 is 1.42 bits per heavy atom. The van der Waals surface area contributed by atoms with Crippen molar-refractivity contribution in [3.8, 4) is 0 Å². The number of rotatable bonds is 11. The summed E-state index contributed by atoms with van der Waals surface area (Å²) in [6.07, 6.45) is -0.747. The lowest BCUT2D eigenvalue weighted by Crippen LogP contribution is -2.53. The zero-order chi connectivity index (χ0) is 26.6. The van der Waals surface area contributed by atoms with Crippen LogP contribution in [0.1, 0.15) is 44.7 Å². The highest BCUT2D eigenvalue weighted by Gasteiger charge is 2.29. The molecule has 0 fully saturated rings. The summed E-state index contributed by atoms with van der Waals surface area (Å²) in [7, 11) is 1.19. The molecule has 0 saturated carbocycles. The monoisotopic (exact) mass is 498 g/mol. The average Bonchev–Trinajstić information content (AvgIpc) is 2.84. The molecule has 0 radical (unpaired) electrons. The predicted octanol–water partition coefficient (Wildman–Crippen LogP) is 3.30. The molecule has 2 rings (SSSR count). The molecule has 9 heteroatoms. The topological polar surface area (TPSA) is 120 Å². The van der Waals surface area contributed by atoms with Gasteiger partial charge in [0.2, 0.25) is 5.91 Å². The second kappa shape index (κ2) is 13.9. The second-order valence-corrected chi connectivity index (χ2v) is 9.16. The van der Waals surface area contributed by atoms with E-state index in [0.717, 1.165) is 11.1 Å². The molecule has 0 aliphatic heterocycles. The van der Waals surface area contributed by atoms with Gasteiger partial charge in [0.25, 0.3) is 0 Å². The number of alkyl carbamates (subject to hydrolysis) is 1. The van der Waals surface area contributed by atoms with E-state index in [1.165, 1.54) is 7.11 Å². The SMILES string of the molecule is COC(=O)[C@@H](CCC(=O)OCc1ccccc1)NC(=O)[C@H](Cc1ccccc1)NC(=O)OC(C)(C)C. The molecule has 2 N–H and O–H groups in total. The fourth-order valence-corrected chi connectivity index (χ4v) is 3.24. The number of ether oxygens (including phenoxy) is 3. The summed E-state index contributed by atoms with van der Waals surface area (Å²) < 4.78 is 15.3. The first-order chi connectivity index (χ1) is 17.1. The summed E-state index contributed by atoms with van der Waals surface area (Å²) in [5.41, 5.74) is 0.875. The smallest absolute Gasteiger partial charge is 0.408 e. The van der Waals surface area contributed by atoms with Crippen molar-refractivity contribution in [2.45, 2.75) is 64.3 Å². The average molecular weight is 499 g/mol. The van der Waals surface area contributed by atoms with E-state index in [1.807, 2.05) is 60.7 Å². The van der Waals surface area contributed by atoms with Gasteiger partial charge in [-0.05, 0) is 38.3 Å². The van der Waals surface area contributed by atoms with Gasteiger partial charge in [-0.25, -0.2) is 9.59 Å². The van der Waals surface area contributed by atoms with Crippen molar-refractivity contribution in [3.63, 3.8) is 0 Å². The van der Waals surface area contributed by atoms with E-state index in [0.29, 0.717) is 0 Å². The molecule has 0 spiro atoms. The number of benzene rings is 2. The number of hydrogen-bond acceptors (Lipinski definition) is 7. The Labute approximate surface area is 211 Å². The molecule has 0 saturated heterocycles. The van der Waals surface area contributed by atoms with Crippen molar-refractivity contribution in [2.75, 3.05) is 7.11 Å². The number of methoxy groups -OCH3 is 1. The van der Waals surface area contributed by atoms with Crippen molar-refractivity contribution in [1.82, 2.24) is 10.6 Å². The van der Waals surface area contributed by atoms with E-state index in [9.17, 15) is 19.2 Å². The maximum atomic E-state index is 13.1. The first kappa shape index (κ1) is 28.4. The van der Waals surface area contributed by atoms with Gasteiger partial charge in [-0.1, -0.05) is 60.7 Å². The van der Waals surface area contributed by atoms with Gasteiger partial charge >= 0.3 is 18.0 Å². The molecule has 2 atom stereocenters. The number of carbonyl (C=O) groups is 4. The molecule has 0 aliphatic carbocycles. The third-order valence-electron chi connectivity index (χ3n) is 4.97. The van der Waals surface area contributed by atoms with E-state index >= 15 is 0 Å². The van der Waals surface area contributed by atoms with Crippen LogP contribution in [-0.4, -0.2) is 48.7 Å². The van der Waals surface area contributed by atoms with E-state index < -0.39 is 41.6 Å². The maximum absolute atomic E-state index is 13.1. The summed E-state index contributed by atoms with van der Waals surface area (Å²) in [5.74, 6) is -1.84. The van der Waals surface area contributed by atoms with Crippen molar-refractivity contribution >= 4 is 23.9 Å². The molecular weight excluding hydrogens is 464 g/mol. The van der Waals surface area contributed by atoms with Crippen molar-refractivity contribution < 1.29 is 33.4 Å². The number of nitrogens with one attached hydrogen (secondary N) is 2. The van der Waals surface area contributed by atoms with Crippen LogP contribution in [0.5, 0.6) is 0 Å². The normalized spacial score (nSPS) is 12.6. The largest absolute Gasteiger partial charge is 0.467 e. The lowest BCUT2D eigenvalue weighted by molar-refractivity contribution is -0.148. The molecule has 0 bridgehead atoms. The van der Waals surface area contributed by atoms with Gasteiger partial charge in [-0.3, -0.25) is 9.59 Å². The van der Waals surface area contributed by atoms with Crippen LogP contribution in [0, 0.1) is 0 Å². The molecule has 2 aromatic rings. The van der Waals surface area contributed by atoms with Crippen LogP contribution in [0.4, 0.5) is 4.79 Å². The Hall–Kier alpha value is -3.88. The van der Waals surface area contributed by atoms with Crippen molar-refractivity contribution in [2.24, 2.45) is 0 Å². The molecule has 36 heavy (non-hydrogen) atoms. The molecule has 2 amide bonds. The molecule has 0 aromatic heterocycles. The Morgan fingerprint density at radius 3 is 1.97 bits per heavy atom. The van der Waals surface area contributed by atoms with Gasteiger partial charge in [0.1, 0.15) is 24.3 Å². The molecule has 0 aliphatic rings. The van der Waals surface area contributed by atoms with Gasteiger partial charge in [0, 0.05) is 12.8 Å². The Morgan fingerprint density at radius 1 is 0.833 bits per heavy atom. The minimum absolute atomic E-state index is 0.0312. The zero-order valence-corrected chi connectivity index (χ0v) is 21.1. The van der Waals surface area contributed by atoms with Gasteiger partial charge in [0.15, 0.2) is 0 Å². The lowest BCUT2D eigenvalue weighted by Gasteiger charge is -2.25. The van der Waals surface area contributed by atoms with Crippen LogP contribution < -0.4 is 10.6 Å². The van der Waals surface area contributed by atoms with Crippen LogP contribution in [0.2, 0.25) is 0 Å². The molecule has 0 unspecified atom stereocenters.